The van der Waals surface area contributed by atoms with Crippen LogP contribution in [0.15, 0.2) is 0 Å². The first-order chi connectivity index (χ1) is 5.79. The fraction of sp³-hybridized carbons (Fsp3) is 0.667. The van der Waals surface area contributed by atoms with Crippen LogP contribution in [0, 0.1) is 12.3 Å². The van der Waals surface area contributed by atoms with E-state index in [1.807, 2.05) is 0 Å². The van der Waals surface area contributed by atoms with Crippen molar-refractivity contribution in [3.8, 4) is 12.3 Å². The van der Waals surface area contributed by atoms with Crippen LogP contribution in [0.1, 0.15) is 12.8 Å². The normalized spacial score (nSPS) is 33.1. The van der Waals surface area contributed by atoms with E-state index in [9.17, 15) is 4.79 Å². The average Bonchev–Trinajstić information content (AvgIpc) is 2.44. The molecule has 2 heterocycles. The summed E-state index contributed by atoms with van der Waals surface area (Å²) in [6.07, 6.45) is 7.64. The molecule has 2 fully saturated rings. The molecule has 64 valence electrons. The summed E-state index contributed by atoms with van der Waals surface area (Å²) >= 11 is 0. The van der Waals surface area contributed by atoms with Gasteiger partial charge in [-0.1, -0.05) is 0 Å². The maximum Gasteiger partial charge on any atom is 0.298 e. The van der Waals surface area contributed by atoms with Crippen molar-refractivity contribution in [3.63, 3.8) is 0 Å². The summed E-state index contributed by atoms with van der Waals surface area (Å²) in [5.41, 5.74) is 0. The van der Waals surface area contributed by atoms with Crippen molar-refractivity contribution in [2.75, 3.05) is 13.1 Å². The molecular weight excluding hydrogens is 154 g/mol. The molecule has 0 aliphatic carbocycles. The molecule has 2 saturated heterocycles. The lowest BCUT2D eigenvalue weighted by Crippen LogP contribution is -2.45. The standard InChI is InChI=1S/C9H11NO2/c1-2-9(11)10-5-7-3-4-8(6-10)12-7/h1,7-8H,3-6H2. The fourth-order valence-corrected chi connectivity index (χ4v) is 1.87. The lowest BCUT2D eigenvalue weighted by atomic mass is 10.2. The molecule has 12 heavy (non-hydrogen) atoms. The summed E-state index contributed by atoms with van der Waals surface area (Å²) in [7, 11) is 0. The minimum Gasteiger partial charge on any atom is -0.371 e. The second-order valence-electron chi connectivity index (χ2n) is 3.31. The van der Waals surface area contributed by atoms with Crippen molar-refractivity contribution in [1.82, 2.24) is 4.90 Å². The fourth-order valence-electron chi connectivity index (χ4n) is 1.87. The third-order valence-corrected chi connectivity index (χ3v) is 2.45. The first kappa shape index (κ1) is 7.63. The molecule has 0 spiro atoms. The predicted octanol–water partition coefficient (Wildman–Crippen LogP) is 0.00940. The Morgan fingerprint density at radius 2 is 2.00 bits per heavy atom. The molecule has 1 amide bonds. The third kappa shape index (κ3) is 1.19. The molecule has 0 aromatic heterocycles. The number of carbonyl (C=O) groups excluding carboxylic acids is 1. The number of likely N-dealkylation sites (tertiary alicyclic amines) is 1. The molecule has 0 radical (unpaired) electrons. The van der Waals surface area contributed by atoms with E-state index in [1.54, 1.807) is 4.90 Å². The first-order valence-electron chi connectivity index (χ1n) is 4.20. The zero-order valence-electron chi connectivity index (χ0n) is 6.82. The SMILES string of the molecule is C#CC(=O)N1CC2CCC(C1)O2. The number of hydrogen-bond acceptors (Lipinski definition) is 2. The molecule has 2 rings (SSSR count). The van der Waals surface area contributed by atoms with Crippen LogP contribution in [0.5, 0.6) is 0 Å². The lowest BCUT2D eigenvalue weighted by molar-refractivity contribution is -0.133. The van der Waals surface area contributed by atoms with E-state index in [0.29, 0.717) is 13.1 Å². The van der Waals surface area contributed by atoms with Gasteiger partial charge in [-0.3, -0.25) is 4.79 Å². The summed E-state index contributed by atoms with van der Waals surface area (Å²) in [5.74, 6) is 1.94. The van der Waals surface area contributed by atoms with Gasteiger partial charge in [-0.25, -0.2) is 0 Å². The van der Waals surface area contributed by atoms with Crippen LogP contribution in [0.3, 0.4) is 0 Å². The van der Waals surface area contributed by atoms with Gasteiger partial charge in [-0.15, -0.1) is 6.42 Å². The van der Waals surface area contributed by atoms with E-state index >= 15 is 0 Å². The van der Waals surface area contributed by atoms with Gasteiger partial charge in [0, 0.05) is 13.1 Å². The van der Waals surface area contributed by atoms with Crippen LogP contribution in [0.4, 0.5) is 0 Å². The predicted molar refractivity (Wildman–Crippen MR) is 43.3 cm³/mol. The van der Waals surface area contributed by atoms with Crippen molar-refractivity contribution in [2.45, 2.75) is 25.0 Å². The van der Waals surface area contributed by atoms with Crippen LogP contribution in [-0.4, -0.2) is 36.1 Å². The summed E-state index contributed by atoms with van der Waals surface area (Å²) in [6.45, 7) is 1.36. The summed E-state index contributed by atoms with van der Waals surface area (Å²) in [4.78, 5) is 12.8. The Morgan fingerprint density at radius 1 is 1.42 bits per heavy atom. The molecule has 2 bridgehead atoms. The molecule has 3 nitrogen and oxygen atoms in total. The molecule has 0 aromatic rings. The maximum absolute atomic E-state index is 11.1. The Balaban J connectivity index is 2.03. The topological polar surface area (TPSA) is 29.5 Å². The number of amides is 1. The van der Waals surface area contributed by atoms with Crippen LogP contribution in [0.25, 0.3) is 0 Å². The molecule has 0 saturated carbocycles. The van der Waals surface area contributed by atoms with Gasteiger partial charge in [-0.2, -0.15) is 0 Å². The molecular formula is C9H11NO2. The zero-order valence-corrected chi connectivity index (χ0v) is 6.82. The average molecular weight is 165 g/mol. The molecule has 2 unspecified atom stereocenters. The molecule has 3 heteroatoms. The monoisotopic (exact) mass is 165 g/mol. The Bertz CT molecular complexity index is 231. The number of rotatable bonds is 0. The second-order valence-corrected chi connectivity index (χ2v) is 3.31. The van der Waals surface area contributed by atoms with Crippen LogP contribution in [0.2, 0.25) is 0 Å². The van der Waals surface area contributed by atoms with Crippen molar-refractivity contribution < 1.29 is 9.53 Å². The van der Waals surface area contributed by atoms with Gasteiger partial charge in [0.25, 0.3) is 5.91 Å². The minimum absolute atomic E-state index is 0.199. The Morgan fingerprint density at radius 3 is 2.50 bits per heavy atom. The van der Waals surface area contributed by atoms with E-state index in [-0.39, 0.29) is 18.1 Å². The zero-order chi connectivity index (χ0) is 8.55. The molecule has 2 aliphatic rings. The summed E-state index contributed by atoms with van der Waals surface area (Å²) in [6, 6.07) is 0. The van der Waals surface area contributed by atoms with E-state index in [0.717, 1.165) is 12.8 Å². The van der Waals surface area contributed by atoms with Crippen LogP contribution < -0.4 is 0 Å². The smallest absolute Gasteiger partial charge is 0.298 e. The lowest BCUT2D eigenvalue weighted by Gasteiger charge is -2.30. The Kier molecular flexibility index (Phi) is 1.78. The molecule has 2 aliphatic heterocycles. The number of fused-ring (bicyclic) bond motifs is 2. The highest BCUT2D eigenvalue weighted by molar-refractivity contribution is 5.93. The number of hydrogen-bond donors (Lipinski definition) is 0. The van der Waals surface area contributed by atoms with Gasteiger partial charge in [-0.05, 0) is 18.8 Å². The van der Waals surface area contributed by atoms with Crippen LogP contribution >= 0.6 is 0 Å². The highest BCUT2D eigenvalue weighted by Crippen LogP contribution is 2.25. The number of carbonyl (C=O) groups is 1. The van der Waals surface area contributed by atoms with Crippen LogP contribution in [-0.2, 0) is 9.53 Å². The third-order valence-electron chi connectivity index (χ3n) is 2.45. The van der Waals surface area contributed by atoms with E-state index < -0.39 is 0 Å². The van der Waals surface area contributed by atoms with Gasteiger partial charge >= 0.3 is 0 Å². The quantitative estimate of drug-likeness (QED) is 0.473. The van der Waals surface area contributed by atoms with Crippen molar-refractivity contribution >= 4 is 5.91 Å². The number of terminal acetylenes is 1. The molecule has 2 atom stereocenters. The van der Waals surface area contributed by atoms with Gasteiger partial charge in [0.2, 0.25) is 0 Å². The van der Waals surface area contributed by atoms with Crippen molar-refractivity contribution in [3.05, 3.63) is 0 Å². The van der Waals surface area contributed by atoms with E-state index in [1.165, 1.54) is 0 Å². The number of nitrogens with zero attached hydrogens (tertiary/aromatic N) is 1. The first-order valence-corrected chi connectivity index (χ1v) is 4.20. The number of ether oxygens (including phenoxy) is 1. The molecule has 0 N–H and O–H groups in total. The van der Waals surface area contributed by atoms with Gasteiger partial charge < -0.3 is 9.64 Å². The minimum atomic E-state index is -0.199. The van der Waals surface area contributed by atoms with E-state index in [2.05, 4.69) is 5.92 Å². The number of morpholine rings is 1. The summed E-state index contributed by atoms with van der Waals surface area (Å²) < 4.78 is 5.56. The maximum atomic E-state index is 11.1. The Labute approximate surface area is 71.7 Å². The van der Waals surface area contributed by atoms with Crippen molar-refractivity contribution in [2.24, 2.45) is 0 Å². The van der Waals surface area contributed by atoms with Gasteiger partial charge in [0.1, 0.15) is 0 Å². The van der Waals surface area contributed by atoms with Crippen molar-refractivity contribution in [1.29, 1.82) is 0 Å². The van der Waals surface area contributed by atoms with Gasteiger partial charge in [0.15, 0.2) is 0 Å². The molecule has 0 aromatic carbocycles. The largest absolute Gasteiger partial charge is 0.371 e. The Hall–Kier alpha value is -1.01. The highest BCUT2D eigenvalue weighted by Gasteiger charge is 2.35. The summed E-state index contributed by atoms with van der Waals surface area (Å²) in [5, 5.41) is 0. The van der Waals surface area contributed by atoms with E-state index in [4.69, 9.17) is 11.2 Å². The second kappa shape index (κ2) is 2.80. The van der Waals surface area contributed by atoms with Gasteiger partial charge in [0.05, 0.1) is 12.2 Å². The highest BCUT2D eigenvalue weighted by atomic mass is 16.5.